The van der Waals surface area contributed by atoms with Crippen LogP contribution >= 0.6 is 0 Å². The van der Waals surface area contributed by atoms with Crippen LogP contribution in [-0.2, 0) is 15.8 Å². The maximum Gasteiger partial charge on any atom is 0.418 e. The number of rotatable bonds is 4. The number of anilines is 2. The number of alkyl halides is 3. The summed E-state index contributed by atoms with van der Waals surface area (Å²) in [6, 6.07) is 8.82. The van der Waals surface area contributed by atoms with Gasteiger partial charge in [-0.15, -0.1) is 0 Å². The Kier molecular flexibility index (Phi) is 4.82. The van der Waals surface area contributed by atoms with Gasteiger partial charge < -0.3 is 10.1 Å². The zero-order chi connectivity index (χ0) is 19.8. The lowest BCUT2D eigenvalue weighted by atomic mass is 10.1. The molecule has 27 heavy (non-hydrogen) atoms. The molecular weight excluding hydrogens is 361 g/mol. The van der Waals surface area contributed by atoms with Gasteiger partial charge >= 0.3 is 6.18 Å². The Morgan fingerprint density at radius 3 is 2.52 bits per heavy atom. The van der Waals surface area contributed by atoms with Gasteiger partial charge in [-0.25, -0.2) is 4.90 Å². The van der Waals surface area contributed by atoms with E-state index in [1.807, 2.05) is 13.0 Å². The molecule has 1 N–H and O–H groups in total. The first-order valence-electron chi connectivity index (χ1n) is 8.16. The second-order valence-corrected chi connectivity index (χ2v) is 6.19. The minimum absolute atomic E-state index is 0.248. The van der Waals surface area contributed by atoms with Crippen LogP contribution in [0.2, 0.25) is 0 Å². The number of amides is 2. The van der Waals surface area contributed by atoms with Crippen LogP contribution in [0.4, 0.5) is 24.5 Å². The Hall–Kier alpha value is -3.03. The molecule has 1 fully saturated rings. The average Bonchev–Trinajstić information content (AvgIpc) is 2.88. The van der Waals surface area contributed by atoms with E-state index in [1.165, 1.54) is 19.2 Å². The van der Waals surface area contributed by atoms with Crippen molar-refractivity contribution in [3.63, 3.8) is 0 Å². The molecule has 3 rings (SSSR count). The Morgan fingerprint density at radius 2 is 1.85 bits per heavy atom. The number of hydrogen-bond acceptors (Lipinski definition) is 4. The molecule has 2 amide bonds. The molecule has 1 atom stereocenters. The number of imide groups is 1. The third-order valence-corrected chi connectivity index (χ3v) is 4.28. The van der Waals surface area contributed by atoms with E-state index in [-0.39, 0.29) is 6.42 Å². The number of halogens is 3. The van der Waals surface area contributed by atoms with Crippen molar-refractivity contribution in [1.29, 1.82) is 0 Å². The molecule has 5 nitrogen and oxygen atoms in total. The van der Waals surface area contributed by atoms with Gasteiger partial charge in [-0.2, -0.15) is 13.2 Å². The van der Waals surface area contributed by atoms with Gasteiger partial charge in [-0.1, -0.05) is 18.2 Å². The minimum atomic E-state index is -4.68. The summed E-state index contributed by atoms with van der Waals surface area (Å²) in [7, 11) is 1.46. The van der Waals surface area contributed by atoms with Gasteiger partial charge in [-0.05, 0) is 36.8 Å². The van der Waals surface area contributed by atoms with Crippen LogP contribution in [0.25, 0.3) is 0 Å². The Balaban J connectivity index is 1.92. The number of nitrogens with one attached hydrogen (secondary N) is 1. The zero-order valence-corrected chi connectivity index (χ0v) is 14.6. The Morgan fingerprint density at radius 1 is 1.15 bits per heavy atom. The number of aryl methyl sites for hydroxylation is 1. The highest BCUT2D eigenvalue weighted by Crippen LogP contribution is 2.38. The lowest BCUT2D eigenvalue weighted by Gasteiger charge is -2.21. The van der Waals surface area contributed by atoms with Crippen LogP contribution < -0.4 is 15.0 Å². The number of carbonyl (C=O) groups excluding carboxylic acids is 2. The highest BCUT2D eigenvalue weighted by Gasteiger charge is 2.44. The molecule has 142 valence electrons. The van der Waals surface area contributed by atoms with Gasteiger partial charge in [0.2, 0.25) is 5.91 Å². The van der Waals surface area contributed by atoms with Crippen molar-refractivity contribution in [2.75, 3.05) is 17.3 Å². The summed E-state index contributed by atoms with van der Waals surface area (Å²) in [5.41, 5.74) is -0.0926. The molecule has 1 saturated heterocycles. The summed E-state index contributed by atoms with van der Waals surface area (Å²) in [5.74, 6) is -0.962. The van der Waals surface area contributed by atoms with E-state index in [4.69, 9.17) is 4.74 Å². The van der Waals surface area contributed by atoms with Crippen molar-refractivity contribution in [3.8, 4) is 5.75 Å². The van der Waals surface area contributed by atoms with Gasteiger partial charge in [0.1, 0.15) is 11.8 Å². The summed E-state index contributed by atoms with van der Waals surface area (Å²) in [5, 5.41) is 2.92. The van der Waals surface area contributed by atoms with Gasteiger partial charge in [0, 0.05) is 0 Å². The molecule has 0 spiro atoms. The molecule has 1 heterocycles. The third kappa shape index (κ3) is 3.60. The maximum absolute atomic E-state index is 13.3. The first kappa shape index (κ1) is 18.8. The Labute approximate surface area is 153 Å². The lowest BCUT2D eigenvalue weighted by molar-refractivity contribution is -0.137. The van der Waals surface area contributed by atoms with Crippen molar-refractivity contribution in [2.45, 2.75) is 25.6 Å². The maximum atomic E-state index is 13.3. The fraction of sp³-hybridized carbons (Fsp3) is 0.263. The van der Waals surface area contributed by atoms with Gasteiger partial charge in [0.05, 0.1) is 30.5 Å². The number of hydrogen-bond donors (Lipinski definition) is 1. The van der Waals surface area contributed by atoms with E-state index in [1.54, 1.807) is 12.1 Å². The fourth-order valence-electron chi connectivity index (χ4n) is 3.03. The zero-order valence-electron chi connectivity index (χ0n) is 14.6. The number of nitrogens with zero attached hydrogens (tertiary/aromatic N) is 1. The number of ether oxygens (including phenoxy) is 1. The third-order valence-electron chi connectivity index (χ3n) is 4.28. The predicted molar refractivity (Wildman–Crippen MR) is 93.7 cm³/mol. The van der Waals surface area contributed by atoms with E-state index in [0.717, 1.165) is 17.7 Å². The molecule has 0 radical (unpaired) electrons. The van der Waals surface area contributed by atoms with E-state index in [0.29, 0.717) is 16.3 Å². The van der Waals surface area contributed by atoms with Crippen LogP contribution in [0.15, 0.2) is 42.5 Å². The summed E-state index contributed by atoms with van der Waals surface area (Å²) in [4.78, 5) is 25.7. The van der Waals surface area contributed by atoms with Crippen LogP contribution in [0.3, 0.4) is 0 Å². The summed E-state index contributed by atoms with van der Waals surface area (Å²) < 4.78 is 45.0. The van der Waals surface area contributed by atoms with Gasteiger partial charge in [0.15, 0.2) is 0 Å². The van der Waals surface area contributed by atoms with Crippen molar-refractivity contribution < 1.29 is 27.5 Å². The number of benzene rings is 2. The molecule has 0 saturated carbocycles. The topological polar surface area (TPSA) is 58.6 Å². The van der Waals surface area contributed by atoms with Crippen molar-refractivity contribution in [3.05, 3.63) is 53.6 Å². The number of carbonyl (C=O) groups is 2. The van der Waals surface area contributed by atoms with Crippen molar-refractivity contribution >= 4 is 23.2 Å². The van der Waals surface area contributed by atoms with E-state index >= 15 is 0 Å². The molecule has 2 aromatic carbocycles. The van der Waals surface area contributed by atoms with E-state index in [2.05, 4.69) is 5.32 Å². The summed E-state index contributed by atoms with van der Waals surface area (Å²) in [6.45, 7) is 1.85. The SMILES string of the molecule is COc1ccc(C)cc1NC1CC(=O)N(c2ccccc2C(F)(F)F)C1=O. The summed E-state index contributed by atoms with van der Waals surface area (Å²) in [6.07, 6.45) is -4.93. The standard InChI is InChI=1S/C19H17F3N2O3/c1-11-7-8-16(27-2)13(9-11)23-14-10-17(25)24(18(14)26)15-6-4-3-5-12(15)19(20,21)22/h3-9,14,23H,10H2,1-2H3. The fourth-order valence-corrected chi connectivity index (χ4v) is 3.03. The molecule has 1 unspecified atom stereocenters. The van der Waals surface area contributed by atoms with Crippen LogP contribution in [-0.4, -0.2) is 25.0 Å². The first-order valence-corrected chi connectivity index (χ1v) is 8.16. The number of methoxy groups -OCH3 is 1. The van der Waals surface area contributed by atoms with Crippen molar-refractivity contribution in [2.24, 2.45) is 0 Å². The van der Waals surface area contributed by atoms with Crippen LogP contribution in [0, 0.1) is 6.92 Å². The van der Waals surface area contributed by atoms with Gasteiger partial charge in [-0.3, -0.25) is 9.59 Å². The second-order valence-electron chi connectivity index (χ2n) is 6.19. The average molecular weight is 378 g/mol. The quantitative estimate of drug-likeness (QED) is 0.823. The smallest absolute Gasteiger partial charge is 0.418 e. The van der Waals surface area contributed by atoms with Gasteiger partial charge in [0.25, 0.3) is 5.91 Å². The largest absolute Gasteiger partial charge is 0.495 e. The summed E-state index contributed by atoms with van der Waals surface area (Å²) >= 11 is 0. The molecular formula is C19H17F3N2O3. The van der Waals surface area contributed by atoms with E-state index in [9.17, 15) is 22.8 Å². The Bertz CT molecular complexity index is 896. The molecule has 0 bridgehead atoms. The molecule has 0 aliphatic carbocycles. The molecule has 0 aromatic heterocycles. The molecule has 2 aromatic rings. The molecule has 8 heteroatoms. The monoisotopic (exact) mass is 378 g/mol. The highest BCUT2D eigenvalue weighted by atomic mass is 19.4. The predicted octanol–water partition coefficient (Wildman–Crippen LogP) is 3.77. The van der Waals surface area contributed by atoms with E-state index < -0.39 is 35.3 Å². The first-order chi connectivity index (χ1) is 12.7. The number of para-hydroxylation sites is 1. The second kappa shape index (κ2) is 6.94. The molecule has 1 aliphatic heterocycles. The van der Waals surface area contributed by atoms with Crippen molar-refractivity contribution in [1.82, 2.24) is 0 Å². The normalized spacial score (nSPS) is 17.4. The molecule has 1 aliphatic rings. The minimum Gasteiger partial charge on any atom is -0.495 e. The highest BCUT2D eigenvalue weighted by molar-refractivity contribution is 6.23. The van der Waals surface area contributed by atoms with Crippen LogP contribution in [0.5, 0.6) is 5.75 Å². The van der Waals surface area contributed by atoms with Crippen LogP contribution in [0.1, 0.15) is 17.5 Å². The lowest BCUT2D eigenvalue weighted by Crippen LogP contribution is -2.36.